The largest absolute Gasteiger partial charge is 0.573 e. The molecule has 1 aromatic rings. The molecule has 0 aliphatic heterocycles. The van der Waals surface area contributed by atoms with E-state index in [0.717, 1.165) is 49.9 Å². The fourth-order valence-electron chi connectivity index (χ4n) is 3.49. The molecule has 26 heavy (non-hydrogen) atoms. The van der Waals surface area contributed by atoms with Gasteiger partial charge in [-0.2, -0.15) is 0 Å². The Labute approximate surface area is 152 Å². The van der Waals surface area contributed by atoms with Crippen LogP contribution in [0.5, 0.6) is 5.75 Å². The molecule has 0 radical (unpaired) electrons. The van der Waals surface area contributed by atoms with E-state index in [1.54, 1.807) is 0 Å². The number of sulfonamides is 1. The molecule has 1 aliphatic carbocycles. The van der Waals surface area contributed by atoms with Crippen molar-refractivity contribution < 1.29 is 26.3 Å². The zero-order chi connectivity index (χ0) is 19.6. The summed E-state index contributed by atoms with van der Waals surface area (Å²) in [4.78, 5) is 1.97. The Morgan fingerprint density at radius 2 is 1.88 bits per heavy atom. The van der Waals surface area contributed by atoms with Crippen LogP contribution in [0.15, 0.2) is 29.2 Å². The fraction of sp³-hybridized carbons (Fsp3) is 0.647. The summed E-state index contributed by atoms with van der Waals surface area (Å²) in [7, 11) is 0.0575. The number of hydrogen-bond donors (Lipinski definition) is 1. The van der Waals surface area contributed by atoms with E-state index in [9.17, 15) is 21.6 Å². The Kier molecular flexibility index (Phi) is 6.24. The van der Waals surface area contributed by atoms with Crippen LogP contribution in [0.3, 0.4) is 0 Å². The first-order chi connectivity index (χ1) is 11.9. The molecule has 0 aromatic heterocycles. The van der Waals surface area contributed by atoms with Gasteiger partial charge in [0.25, 0.3) is 0 Å². The van der Waals surface area contributed by atoms with Gasteiger partial charge in [-0.05, 0) is 57.1 Å². The average molecular weight is 394 g/mol. The Morgan fingerprint density at radius 3 is 2.38 bits per heavy atom. The van der Waals surface area contributed by atoms with Crippen molar-refractivity contribution in [2.24, 2.45) is 5.92 Å². The minimum Gasteiger partial charge on any atom is -0.406 e. The van der Waals surface area contributed by atoms with Crippen molar-refractivity contribution in [3.05, 3.63) is 24.3 Å². The Bertz CT molecular complexity index is 705. The molecule has 2 rings (SSSR count). The Morgan fingerprint density at radius 1 is 1.27 bits per heavy atom. The van der Waals surface area contributed by atoms with E-state index >= 15 is 0 Å². The zero-order valence-electron chi connectivity index (χ0n) is 15.1. The maximum absolute atomic E-state index is 12.5. The molecule has 0 spiro atoms. The lowest BCUT2D eigenvalue weighted by Gasteiger charge is -2.45. The number of nitrogens with zero attached hydrogens (tertiary/aromatic N) is 1. The lowest BCUT2D eigenvalue weighted by molar-refractivity contribution is -0.274. The highest BCUT2D eigenvalue weighted by Gasteiger charge is 2.38. The van der Waals surface area contributed by atoms with Crippen LogP contribution in [0.2, 0.25) is 0 Å². The third-order valence-corrected chi connectivity index (χ3v) is 6.39. The molecule has 2 unspecified atom stereocenters. The highest BCUT2D eigenvalue weighted by atomic mass is 32.2. The molecule has 5 nitrogen and oxygen atoms in total. The first kappa shape index (κ1) is 21.0. The lowest BCUT2D eigenvalue weighted by atomic mass is 9.75. The summed E-state index contributed by atoms with van der Waals surface area (Å²) in [6.07, 6.45) is -0.867. The molecule has 1 aromatic carbocycles. The van der Waals surface area contributed by atoms with Crippen LogP contribution < -0.4 is 9.46 Å². The predicted molar refractivity (Wildman–Crippen MR) is 92.4 cm³/mol. The number of ether oxygens (including phenoxy) is 1. The van der Waals surface area contributed by atoms with Crippen LogP contribution in [-0.2, 0) is 10.0 Å². The van der Waals surface area contributed by atoms with Gasteiger partial charge in [0.05, 0.1) is 4.90 Å². The Hall–Kier alpha value is -1.32. The van der Waals surface area contributed by atoms with E-state index in [2.05, 4.69) is 21.3 Å². The SMILES string of the molecule is CC1CCCC(CNS(=O)(=O)c2ccc(OC(F)(F)F)cc2)(N(C)C)C1. The van der Waals surface area contributed by atoms with Crippen LogP contribution in [0, 0.1) is 5.92 Å². The lowest BCUT2D eigenvalue weighted by Crippen LogP contribution is -2.55. The normalized spacial score (nSPS) is 24.7. The smallest absolute Gasteiger partial charge is 0.406 e. The molecule has 148 valence electrons. The highest BCUT2D eigenvalue weighted by molar-refractivity contribution is 7.89. The number of hydrogen-bond acceptors (Lipinski definition) is 4. The van der Waals surface area contributed by atoms with Crippen molar-refractivity contribution in [3.8, 4) is 5.75 Å². The van der Waals surface area contributed by atoms with Crippen molar-refractivity contribution >= 4 is 10.0 Å². The van der Waals surface area contributed by atoms with Gasteiger partial charge in [-0.3, -0.25) is 0 Å². The van der Waals surface area contributed by atoms with Gasteiger partial charge in [-0.1, -0.05) is 19.8 Å². The first-order valence-corrected chi connectivity index (χ1v) is 9.95. The highest BCUT2D eigenvalue weighted by Crippen LogP contribution is 2.35. The van der Waals surface area contributed by atoms with Crippen molar-refractivity contribution in [2.45, 2.75) is 49.4 Å². The molecule has 0 amide bonds. The maximum Gasteiger partial charge on any atom is 0.573 e. The van der Waals surface area contributed by atoms with Crippen molar-refractivity contribution in [3.63, 3.8) is 0 Å². The molecule has 2 atom stereocenters. The number of alkyl halides is 3. The van der Waals surface area contributed by atoms with Gasteiger partial charge < -0.3 is 9.64 Å². The van der Waals surface area contributed by atoms with Gasteiger partial charge in [0, 0.05) is 12.1 Å². The third kappa shape index (κ3) is 5.34. The molecular formula is C17H25F3N2O3S. The number of likely N-dealkylation sites (N-methyl/N-ethyl adjacent to an activating group) is 1. The van der Waals surface area contributed by atoms with Crippen LogP contribution >= 0.6 is 0 Å². The van der Waals surface area contributed by atoms with E-state index in [4.69, 9.17) is 0 Å². The van der Waals surface area contributed by atoms with Gasteiger partial charge in [-0.25, -0.2) is 13.1 Å². The molecule has 0 heterocycles. The van der Waals surface area contributed by atoms with E-state index in [1.165, 1.54) is 0 Å². The van der Waals surface area contributed by atoms with Crippen molar-refractivity contribution in [1.82, 2.24) is 9.62 Å². The number of halogens is 3. The summed E-state index contributed by atoms with van der Waals surface area (Å²) in [5.74, 6) is 0.0526. The van der Waals surface area contributed by atoms with Gasteiger partial charge in [0.15, 0.2) is 0 Å². The fourth-order valence-corrected chi connectivity index (χ4v) is 4.61. The molecule has 0 saturated heterocycles. The van der Waals surface area contributed by atoms with Crippen LogP contribution in [-0.4, -0.2) is 45.9 Å². The quantitative estimate of drug-likeness (QED) is 0.804. The van der Waals surface area contributed by atoms with Gasteiger partial charge >= 0.3 is 6.36 Å². The van der Waals surface area contributed by atoms with Crippen molar-refractivity contribution in [1.29, 1.82) is 0 Å². The van der Waals surface area contributed by atoms with Crippen LogP contribution in [0.1, 0.15) is 32.6 Å². The van der Waals surface area contributed by atoms with Crippen LogP contribution in [0.4, 0.5) is 13.2 Å². The second-order valence-electron chi connectivity index (χ2n) is 7.16. The van der Waals surface area contributed by atoms with Gasteiger partial charge in [0.2, 0.25) is 10.0 Å². The summed E-state index contributed by atoms with van der Waals surface area (Å²) in [5, 5.41) is 0. The molecule has 1 N–H and O–H groups in total. The number of rotatable bonds is 6. The number of benzene rings is 1. The predicted octanol–water partition coefficient (Wildman–Crippen LogP) is 3.37. The summed E-state index contributed by atoms with van der Waals surface area (Å²) in [5.41, 5.74) is -0.260. The molecule has 1 saturated carbocycles. The van der Waals surface area contributed by atoms with E-state index in [-0.39, 0.29) is 17.0 Å². The standard InChI is InChI=1S/C17H25F3N2O3S/c1-13-5-4-10-16(11-13,22(2)3)12-21-26(23,24)15-8-6-14(7-9-15)25-17(18,19)20/h6-9,13,21H,4-5,10-12H2,1-3H3. The Balaban J connectivity index is 2.10. The third-order valence-electron chi connectivity index (χ3n) is 4.98. The van der Waals surface area contributed by atoms with E-state index in [0.29, 0.717) is 5.92 Å². The summed E-state index contributed by atoms with van der Waals surface area (Å²) < 4.78 is 68.0. The number of nitrogens with one attached hydrogen (secondary N) is 1. The molecular weight excluding hydrogens is 369 g/mol. The van der Waals surface area contributed by atoms with Crippen molar-refractivity contribution in [2.75, 3.05) is 20.6 Å². The molecule has 9 heteroatoms. The zero-order valence-corrected chi connectivity index (χ0v) is 16.0. The summed E-state index contributed by atoms with van der Waals surface area (Å²) >= 11 is 0. The summed E-state index contributed by atoms with van der Waals surface area (Å²) in [6, 6.07) is 4.20. The maximum atomic E-state index is 12.5. The monoisotopic (exact) mass is 394 g/mol. The van der Waals surface area contributed by atoms with E-state index < -0.39 is 22.1 Å². The molecule has 1 aliphatic rings. The average Bonchev–Trinajstić information content (AvgIpc) is 2.52. The van der Waals surface area contributed by atoms with Gasteiger partial charge in [0.1, 0.15) is 5.75 Å². The van der Waals surface area contributed by atoms with Crippen LogP contribution in [0.25, 0.3) is 0 Å². The molecule has 1 fully saturated rings. The minimum atomic E-state index is -4.81. The molecule has 0 bridgehead atoms. The van der Waals surface area contributed by atoms with E-state index in [1.807, 2.05) is 14.1 Å². The first-order valence-electron chi connectivity index (χ1n) is 8.46. The minimum absolute atomic E-state index is 0.0928. The second kappa shape index (κ2) is 7.74. The summed E-state index contributed by atoms with van der Waals surface area (Å²) in [6.45, 7) is 2.42. The topological polar surface area (TPSA) is 58.6 Å². The second-order valence-corrected chi connectivity index (χ2v) is 8.93. The van der Waals surface area contributed by atoms with Gasteiger partial charge in [-0.15, -0.1) is 13.2 Å².